The van der Waals surface area contributed by atoms with Gasteiger partial charge in [-0.2, -0.15) is 13.2 Å². The molecule has 21 heavy (non-hydrogen) atoms. The van der Waals surface area contributed by atoms with E-state index in [4.69, 9.17) is 9.84 Å². The average molecular weight is 301 g/mol. The lowest BCUT2D eigenvalue weighted by Crippen LogP contribution is -2.48. The minimum absolute atomic E-state index is 0.0810. The second-order valence-electron chi connectivity index (χ2n) is 5.60. The van der Waals surface area contributed by atoms with Crippen molar-refractivity contribution in [1.29, 1.82) is 0 Å². The highest BCUT2D eigenvalue weighted by Crippen LogP contribution is 2.38. The summed E-state index contributed by atoms with van der Waals surface area (Å²) in [5, 5.41) is 9.10. The van der Waals surface area contributed by atoms with Crippen molar-refractivity contribution in [2.24, 2.45) is 0 Å². The van der Waals surface area contributed by atoms with E-state index in [1.54, 1.807) is 6.07 Å². The topological polar surface area (TPSA) is 32.7 Å². The first kappa shape index (κ1) is 14.7. The molecule has 1 N–H and O–H groups in total. The van der Waals surface area contributed by atoms with Gasteiger partial charge in [0.25, 0.3) is 0 Å². The van der Waals surface area contributed by atoms with Crippen LogP contribution >= 0.6 is 0 Å². The van der Waals surface area contributed by atoms with Gasteiger partial charge in [0.05, 0.1) is 30.9 Å². The fourth-order valence-electron chi connectivity index (χ4n) is 3.39. The molecule has 1 saturated heterocycles. The maximum absolute atomic E-state index is 13.1. The first-order valence-corrected chi connectivity index (χ1v) is 7.20. The monoisotopic (exact) mass is 301 g/mol. The minimum Gasteiger partial charge on any atom is -0.392 e. The Morgan fingerprint density at radius 3 is 2.81 bits per heavy atom. The van der Waals surface area contributed by atoms with E-state index in [2.05, 4.69) is 0 Å². The molecule has 0 radical (unpaired) electrons. The molecule has 2 aliphatic rings. The van der Waals surface area contributed by atoms with Crippen molar-refractivity contribution in [2.75, 3.05) is 18.1 Å². The fourth-order valence-corrected chi connectivity index (χ4v) is 3.39. The van der Waals surface area contributed by atoms with Crippen LogP contribution in [-0.4, -0.2) is 30.4 Å². The quantitative estimate of drug-likeness (QED) is 0.911. The molecule has 2 fully saturated rings. The number of fused-ring (bicyclic) bond motifs is 1. The van der Waals surface area contributed by atoms with E-state index in [1.165, 1.54) is 6.07 Å². The predicted octanol–water partition coefficient (Wildman–Crippen LogP) is 2.96. The summed E-state index contributed by atoms with van der Waals surface area (Å²) in [5.74, 6) is 0. The van der Waals surface area contributed by atoms with E-state index in [9.17, 15) is 13.2 Å². The third-order valence-electron chi connectivity index (χ3n) is 4.38. The fraction of sp³-hybridized carbons (Fsp3) is 0.600. The van der Waals surface area contributed by atoms with Gasteiger partial charge in [-0.05, 0) is 37.0 Å². The summed E-state index contributed by atoms with van der Waals surface area (Å²) in [6.07, 6.45) is -1.34. The first-order valence-electron chi connectivity index (χ1n) is 7.20. The molecule has 0 spiro atoms. The number of morpholine rings is 1. The number of ether oxygens (including phenoxy) is 1. The number of alkyl halides is 3. The Morgan fingerprint density at radius 2 is 2.10 bits per heavy atom. The second-order valence-corrected chi connectivity index (χ2v) is 5.60. The molecule has 1 heterocycles. The Kier molecular flexibility index (Phi) is 3.84. The van der Waals surface area contributed by atoms with Crippen molar-refractivity contribution in [2.45, 2.75) is 44.2 Å². The number of aliphatic hydroxyl groups is 1. The number of nitrogens with zero attached hydrogens (tertiary/aromatic N) is 1. The smallest absolute Gasteiger partial charge is 0.392 e. The van der Waals surface area contributed by atoms with Crippen molar-refractivity contribution in [3.05, 3.63) is 29.3 Å². The summed E-state index contributed by atoms with van der Waals surface area (Å²) in [4.78, 5) is 2.03. The van der Waals surface area contributed by atoms with Crippen LogP contribution in [0.5, 0.6) is 0 Å². The zero-order valence-corrected chi connectivity index (χ0v) is 11.6. The number of halogens is 3. The van der Waals surface area contributed by atoms with Crippen LogP contribution in [-0.2, 0) is 17.5 Å². The number of anilines is 1. The predicted molar refractivity (Wildman–Crippen MR) is 72.1 cm³/mol. The van der Waals surface area contributed by atoms with Crippen molar-refractivity contribution < 1.29 is 23.0 Å². The number of rotatable bonds is 2. The molecule has 0 bridgehead atoms. The van der Waals surface area contributed by atoms with Crippen LogP contribution in [0.1, 0.15) is 30.4 Å². The molecule has 1 aliphatic heterocycles. The summed E-state index contributed by atoms with van der Waals surface area (Å²) >= 11 is 0. The summed E-state index contributed by atoms with van der Waals surface area (Å²) in [7, 11) is 0. The lowest BCUT2D eigenvalue weighted by Gasteiger charge is -2.39. The number of aliphatic hydroxyl groups excluding tert-OH is 1. The van der Waals surface area contributed by atoms with Gasteiger partial charge in [-0.3, -0.25) is 0 Å². The molecule has 6 heteroatoms. The van der Waals surface area contributed by atoms with Gasteiger partial charge in [0, 0.05) is 12.2 Å². The Bertz CT molecular complexity index is 518. The SMILES string of the molecule is OCc1ccc(N2CCOC3CCCC32)cc1C(F)(F)F. The molecule has 1 saturated carbocycles. The van der Waals surface area contributed by atoms with Crippen LogP contribution in [0.2, 0.25) is 0 Å². The van der Waals surface area contributed by atoms with Gasteiger partial charge in [0.2, 0.25) is 0 Å². The Morgan fingerprint density at radius 1 is 1.29 bits per heavy atom. The number of benzene rings is 1. The lowest BCUT2D eigenvalue weighted by atomic mass is 10.0. The number of hydrogen-bond donors (Lipinski definition) is 1. The largest absolute Gasteiger partial charge is 0.416 e. The molecule has 0 aromatic heterocycles. The Labute approximate surface area is 121 Å². The first-order chi connectivity index (χ1) is 10.0. The molecule has 1 aliphatic carbocycles. The third-order valence-corrected chi connectivity index (χ3v) is 4.38. The zero-order chi connectivity index (χ0) is 15.0. The van der Waals surface area contributed by atoms with Crippen LogP contribution < -0.4 is 4.90 Å². The zero-order valence-electron chi connectivity index (χ0n) is 11.6. The lowest BCUT2D eigenvalue weighted by molar-refractivity contribution is -0.138. The molecule has 1 aromatic rings. The maximum atomic E-state index is 13.1. The van der Waals surface area contributed by atoms with E-state index in [1.807, 2.05) is 4.90 Å². The van der Waals surface area contributed by atoms with E-state index < -0.39 is 18.3 Å². The third kappa shape index (κ3) is 2.74. The average Bonchev–Trinajstić information content (AvgIpc) is 2.94. The standard InChI is InChI=1S/C15H18F3NO2/c16-15(17,18)12-8-11(5-4-10(12)9-20)19-6-7-21-14-3-1-2-13(14)19/h4-5,8,13-14,20H,1-3,6-7,9H2. The highest BCUT2D eigenvalue weighted by atomic mass is 19.4. The van der Waals surface area contributed by atoms with Crippen LogP contribution in [0.4, 0.5) is 18.9 Å². The molecule has 0 amide bonds. The van der Waals surface area contributed by atoms with Gasteiger partial charge in [-0.1, -0.05) is 6.07 Å². The van der Waals surface area contributed by atoms with Gasteiger partial charge in [0.15, 0.2) is 0 Å². The number of hydrogen-bond acceptors (Lipinski definition) is 3. The maximum Gasteiger partial charge on any atom is 0.416 e. The van der Waals surface area contributed by atoms with Crippen molar-refractivity contribution in [3.63, 3.8) is 0 Å². The van der Waals surface area contributed by atoms with Crippen molar-refractivity contribution in [1.82, 2.24) is 0 Å². The highest BCUT2D eigenvalue weighted by Gasteiger charge is 2.38. The van der Waals surface area contributed by atoms with Gasteiger partial charge >= 0.3 is 6.18 Å². The van der Waals surface area contributed by atoms with Crippen LogP contribution in [0.25, 0.3) is 0 Å². The van der Waals surface area contributed by atoms with Crippen LogP contribution in [0.15, 0.2) is 18.2 Å². The normalized spacial score (nSPS) is 26.0. The van der Waals surface area contributed by atoms with Gasteiger partial charge in [0.1, 0.15) is 0 Å². The Balaban J connectivity index is 1.95. The minimum atomic E-state index is -4.45. The summed E-state index contributed by atoms with van der Waals surface area (Å²) in [6.45, 7) is 0.547. The van der Waals surface area contributed by atoms with Gasteiger partial charge in [-0.15, -0.1) is 0 Å². The van der Waals surface area contributed by atoms with E-state index in [0.717, 1.165) is 25.3 Å². The summed E-state index contributed by atoms with van der Waals surface area (Å²) in [5.41, 5.74) is -0.259. The van der Waals surface area contributed by atoms with Gasteiger partial charge in [-0.25, -0.2) is 0 Å². The summed E-state index contributed by atoms with van der Waals surface area (Å²) < 4.78 is 45.0. The molecule has 2 unspecified atom stereocenters. The van der Waals surface area contributed by atoms with Crippen LogP contribution in [0, 0.1) is 0 Å². The van der Waals surface area contributed by atoms with E-state index >= 15 is 0 Å². The van der Waals surface area contributed by atoms with E-state index in [0.29, 0.717) is 18.8 Å². The molecule has 3 nitrogen and oxygen atoms in total. The molecule has 116 valence electrons. The molecule has 2 atom stereocenters. The van der Waals surface area contributed by atoms with Crippen molar-refractivity contribution >= 4 is 5.69 Å². The molecule has 1 aromatic carbocycles. The molecular weight excluding hydrogens is 283 g/mol. The molecular formula is C15H18F3NO2. The van der Waals surface area contributed by atoms with Crippen LogP contribution in [0.3, 0.4) is 0 Å². The Hall–Kier alpha value is -1.27. The van der Waals surface area contributed by atoms with Crippen molar-refractivity contribution in [3.8, 4) is 0 Å². The molecule has 3 rings (SSSR count). The summed E-state index contributed by atoms with van der Waals surface area (Å²) in [6, 6.07) is 4.37. The van der Waals surface area contributed by atoms with E-state index in [-0.39, 0.29) is 17.7 Å². The second kappa shape index (κ2) is 5.50. The van der Waals surface area contributed by atoms with Gasteiger partial charge < -0.3 is 14.7 Å². The highest BCUT2D eigenvalue weighted by molar-refractivity contribution is 5.53.